The van der Waals surface area contributed by atoms with Crippen molar-refractivity contribution in [3.8, 4) is 0 Å². The Balaban J connectivity index is 1.68. The van der Waals surface area contributed by atoms with Crippen LogP contribution in [-0.2, 0) is 0 Å². The first kappa shape index (κ1) is 14.2. The molecule has 4 heteroatoms. The Bertz CT molecular complexity index is 849. The molecule has 0 unspecified atom stereocenters. The Morgan fingerprint density at radius 1 is 0.826 bits per heavy atom. The molecule has 3 nitrogen and oxygen atoms in total. The average Bonchev–Trinajstić information content (AvgIpc) is 2.63. The molecule has 2 aromatic rings. The Morgan fingerprint density at radius 3 is 2.17 bits per heavy atom. The van der Waals surface area contributed by atoms with Crippen LogP contribution >= 0.6 is 15.9 Å². The molecule has 0 atom stereocenters. The van der Waals surface area contributed by atoms with Crippen molar-refractivity contribution in [2.45, 2.75) is 0 Å². The summed E-state index contributed by atoms with van der Waals surface area (Å²) in [7, 11) is 0. The number of amidine groups is 2. The third kappa shape index (κ3) is 2.66. The molecule has 2 aromatic carbocycles. The van der Waals surface area contributed by atoms with E-state index in [-0.39, 0.29) is 0 Å². The highest BCUT2D eigenvalue weighted by molar-refractivity contribution is 9.11. The van der Waals surface area contributed by atoms with Crippen molar-refractivity contribution in [1.29, 1.82) is 0 Å². The minimum absolute atomic E-state index is 0.560. The van der Waals surface area contributed by atoms with Gasteiger partial charge in [0.1, 0.15) is 12.5 Å². The lowest BCUT2D eigenvalue weighted by atomic mass is 10.0. The van der Waals surface area contributed by atoms with Crippen molar-refractivity contribution in [2.24, 2.45) is 9.98 Å². The highest BCUT2D eigenvalue weighted by atomic mass is 79.9. The third-order valence-electron chi connectivity index (χ3n) is 3.83. The molecule has 112 valence electrons. The van der Waals surface area contributed by atoms with Crippen LogP contribution in [0.25, 0.3) is 5.57 Å². The monoisotopic (exact) mass is 363 g/mol. The molecule has 0 aromatic heterocycles. The molecule has 0 radical (unpaired) electrons. The van der Waals surface area contributed by atoms with Crippen LogP contribution in [0, 0.1) is 0 Å². The van der Waals surface area contributed by atoms with Crippen LogP contribution in [0.5, 0.6) is 0 Å². The summed E-state index contributed by atoms with van der Waals surface area (Å²) < 4.78 is 1.00. The number of halogens is 1. The van der Waals surface area contributed by atoms with E-state index >= 15 is 0 Å². The second-order valence-electron chi connectivity index (χ2n) is 5.29. The zero-order chi connectivity index (χ0) is 15.6. The first-order valence-electron chi connectivity index (χ1n) is 7.42. The quantitative estimate of drug-likeness (QED) is 0.724. The summed E-state index contributed by atoms with van der Waals surface area (Å²) in [4.78, 5) is 11.4. The fourth-order valence-corrected chi connectivity index (χ4v) is 3.31. The van der Waals surface area contributed by atoms with Crippen LogP contribution in [0.15, 0.2) is 87.4 Å². The molecule has 4 rings (SSSR count). The first-order chi connectivity index (χ1) is 11.3. The average molecular weight is 364 g/mol. The maximum absolute atomic E-state index is 4.69. The number of nitrogens with zero attached hydrogens (tertiary/aromatic N) is 3. The predicted octanol–water partition coefficient (Wildman–Crippen LogP) is 4.44. The van der Waals surface area contributed by atoms with Gasteiger partial charge in [-0.1, -0.05) is 60.7 Å². The SMILES string of the molecule is BrC1=C(c2ccccc2)C=CC2=NC(c3ccccc3)=NCN21. The summed E-state index contributed by atoms with van der Waals surface area (Å²) in [6.45, 7) is 0.560. The lowest BCUT2D eigenvalue weighted by molar-refractivity contribution is 0.561. The molecule has 0 saturated carbocycles. The van der Waals surface area contributed by atoms with Gasteiger partial charge in [0, 0.05) is 11.1 Å². The zero-order valence-corrected chi connectivity index (χ0v) is 13.9. The van der Waals surface area contributed by atoms with Crippen LogP contribution < -0.4 is 0 Å². The van der Waals surface area contributed by atoms with Crippen LogP contribution in [0.4, 0.5) is 0 Å². The first-order valence-corrected chi connectivity index (χ1v) is 8.21. The third-order valence-corrected chi connectivity index (χ3v) is 4.69. The maximum atomic E-state index is 4.69. The Kier molecular flexibility index (Phi) is 3.67. The van der Waals surface area contributed by atoms with Crippen molar-refractivity contribution in [3.63, 3.8) is 0 Å². The molecule has 23 heavy (non-hydrogen) atoms. The predicted molar refractivity (Wildman–Crippen MR) is 98.5 cm³/mol. The number of hydrogen-bond donors (Lipinski definition) is 0. The number of hydrogen-bond acceptors (Lipinski definition) is 3. The van der Waals surface area contributed by atoms with E-state index in [0.29, 0.717) is 6.67 Å². The zero-order valence-electron chi connectivity index (χ0n) is 12.4. The smallest absolute Gasteiger partial charge is 0.158 e. The molecule has 0 aliphatic carbocycles. The number of rotatable bonds is 2. The number of benzene rings is 2. The van der Waals surface area contributed by atoms with Crippen LogP contribution in [0.3, 0.4) is 0 Å². The Labute approximate surface area is 143 Å². The van der Waals surface area contributed by atoms with Gasteiger partial charge in [0.25, 0.3) is 0 Å². The van der Waals surface area contributed by atoms with E-state index in [4.69, 9.17) is 4.99 Å². The normalized spacial score (nSPS) is 16.8. The molecule has 2 aliphatic heterocycles. The minimum atomic E-state index is 0.560. The molecular weight excluding hydrogens is 350 g/mol. The van der Waals surface area contributed by atoms with Crippen molar-refractivity contribution < 1.29 is 0 Å². The summed E-state index contributed by atoms with van der Waals surface area (Å²) in [5.74, 6) is 1.69. The van der Waals surface area contributed by atoms with Gasteiger partial charge in [-0.25, -0.2) is 9.98 Å². The van der Waals surface area contributed by atoms with E-state index in [1.165, 1.54) is 5.56 Å². The van der Waals surface area contributed by atoms with Gasteiger partial charge in [0.2, 0.25) is 0 Å². The van der Waals surface area contributed by atoms with Crippen molar-refractivity contribution >= 4 is 33.2 Å². The molecular formula is C19H14BrN3. The highest BCUT2D eigenvalue weighted by Crippen LogP contribution is 2.32. The largest absolute Gasteiger partial charge is 0.299 e. The van der Waals surface area contributed by atoms with E-state index in [2.05, 4.69) is 44.0 Å². The summed E-state index contributed by atoms with van der Waals surface area (Å²) in [5, 5.41) is 0. The lowest BCUT2D eigenvalue weighted by Gasteiger charge is -2.30. The lowest BCUT2D eigenvalue weighted by Crippen LogP contribution is -2.34. The summed E-state index contributed by atoms with van der Waals surface area (Å²) in [6, 6.07) is 20.4. The van der Waals surface area contributed by atoms with Gasteiger partial charge in [-0.05, 0) is 33.6 Å². The molecule has 0 saturated heterocycles. The van der Waals surface area contributed by atoms with Gasteiger partial charge in [0.15, 0.2) is 5.84 Å². The van der Waals surface area contributed by atoms with Gasteiger partial charge >= 0.3 is 0 Å². The van der Waals surface area contributed by atoms with Gasteiger partial charge in [-0.2, -0.15) is 0 Å². The topological polar surface area (TPSA) is 28.0 Å². The fraction of sp³-hybridized carbons (Fsp3) is 0.0526. The fourth-order valence-electron chi connectivity index (χ4n) is 2.65. The molecule has 2 aliphatic rings. The number of aliphatic imine (C=N–C) groups is 2. The van der Waals surface area contributed by atoms with Crippen LogP contribution in [-0.4, -0.2) is 23.2 Å². The van der Waals surface area contributed by atoms with E-state index < -0.39 is 0 Å². The van der Waals surface area contributed by atoms with E-state index in [1.807, 2.05) is 54.6 Å². The summed E-state index contributed by atoms with van der Waals surface area (Å²) >= 11 is 3.71. The van der Waals surface area contributed by atoms with Crippen LogP contribution in [0.1, 0.15) is 11.1 Å². The Morgan fingerprint density at radius 2 is 1.48 bits per heavy atom. The van der Waals surface area contributed by atoms with Gasteiger partial charge in [-0.3, -0.25) is 4.90 Å². The van der Waals surface area contributed by atoms with Gasteiger partial charge in [-0.15, -0.1) is 0 Å². The number of allylic oxidation sites excluding steroid dienone is 2. The molecule has 0 bridgehead atoms. The second kappa shape index (κ2) is 5.97. The maximum Gasteiger partial charge on any atom is 0.158 e. The molecule has 2 heterocycles. The van der Waals surface area contributed by atoms with E-state index in [0.717, 1.165) is 27.4 Å². The molecule has 0 fully saturated rings. The summed E-state index contributed by atoms with van der Waals surface area (Å²) in [5.41, 5.74) is 3.36. The van der Waals surface area contributed by atoms with Crippen LogP contribution in [0.2, 0.25) is 0 Å². The van der Waals surface area contributed by atoms with Crippen molar-refractivity contribution in [2.75, 3.05) is 6.67 Å². The molecule has 0 N–H and O–H groups in total. The van der Waals surface area contributed by atoms with Crippen molar-refractivity contribution in [3.05, 3.63) is 88.5 Å². The second-order valence-corrected chi connectivity index (χ2v) is 6.04. The van der Waals surface area contributed by atoms with Gasteiger partial charge < -0.3 is 0 Å². The number of fused-ring (bicyclic) bond motifs is 1. The summed E-state index contributed by atoms with van der Waals surface area (Å²) in [6.07, 6.45) is 4.15. The van der Waals surface area contributed by atoms with Gasteiger partial charge in [0.05, 0.1) is 4.61 Å². The van der Waals surface area contributed by atoms with Crippen molar-refractivity contribution in [1.82, 2.24) is 4.90 Å². The molecule has 0 amide bonds. The van der Waals surface area contributed by atoms with E-state index in [9.17, 15) is 0 Å². The standard InChI is InChI=1S/C19H14BrN3/c20-18-16(14-7-3-1-4-8-14)11-12-17-22-19(21-13-23(17)18)15-9-5-2-6-10-15/h1-12H,13H2. The minimum Gasteiger partial charge on any atom is -0.299 e. The van der Waals surface area contributed by atoms with E-state index in [1.54, 1.807) is 0 Å². The molecule has 0 spiro atoms. The Hall–Kier alpha value is -2.46. The highest BCUT2D eigenvalue weighted by Gasteiger charge is 2.23.